The lowest BCUT2D eigenvalue weighted by Gasteiger charge is -2.15. The van der Waals surface area contributed by atoms with Gasteiger partial charge in [-0.25, -0.2) is 4.39 Å². The van der Waals surface area contributed by atoms with Crippen molar-refractivity contribution in [1.29, 1.82) is 0 Å². The molecule has 6 nitrogen and oxygen atoms in total. The molecule has 0 unspecified atom stereocenters. The van der Waals surface area contributed by atoms with Crippen LogP contribution in [0.3, 0.4) is 0 Å². The molecule has 0 aromatic heterocycles. The van der Waals surface area contributed by atoms with Crippen molar-refractivity contribution < 1.29 is 18.8 Å². The smallest absolute Gasteiger partial charge is 0.255 e. The van der Waals surface area contributed by atoms with Gasteiger partial charge in [0.05, 0.1) is 5.92 Å². The fraction of sp³-hybridized carbons (Fsp3) is 0.192. The Kier molecular flexibility index (Phi) is 8.30. The standard InChI is InChI=1S/C26H26FN3O3/c1-2-23(18-6-4-3-5-7-18)26(33)29-17-16-28-24(31)19-10-14-22(15-11-19)30-25(32)20-8-12-21(27)13-9-20/h3-15,23H,2,16-17H2,1H3,(H,28,31)(H,29,33)(H,30,32)/t23-/m1/s1. The van der Waals surface area contributed by atoms with E-state index in [4.69, 9.17) is 0 Å². The van der Waals surface area contributed by atoms with Crippen LogP contribution >= 0.6 is 0 Å². The molecule has 0 saturated heterocycles. The molecule has 1 atom stereocenters. The van der Waals surface area contributed by atoms with Crippen LogP contribution in [0.2, 0.25) is 0 Å². The summed E-state index contributed by atoms with van der Waals surface area (Å²) in [6.07, 6.45) is 0.687. The van der Waals surface area contributed by atoms with Gasteiger partial charge in [-0.15, -0.1) is 0 Å². The maximum absolute atomic E-state index is 13.0. The minimum Gasteiger partial charge on any atom is -0.354 e. The van der Waals surface area contributed by atoms with Crippen LogP contribution < -0.4 is 16.0 Å². The summed E-state index contributed by atoms with van der Waals surface area (Å²) in [6.45, 7) is 2.57. The summed E-state index contributed by atoms with van der Waals surface area (Å²) in [5.74, 6) is -1.36. The maximum atomic E-state index is 13.0. The molecule has 0 spiro atoms. The van der Waals surface area contributed by atoms with Crippen LogP contribution in [-0.2, 0) is 4.79 Å². The molecule has 0 bridgehead atoms. The number of carbonyl (C=O) groups is 3. The van der Waals surface area contributed by atoms with E-state index in [1.54, 1.807) is 24.3 Å². The Bertz CT molecular complexity index is 1080. The van der Waals surface area contributed by atoms with Crippen molar-refractivity contribution in [1.82, 2.24) is 10.6 Å². The largest absolute Gasteiger partial charge is 0.354 e. The number of hydrogen-bond donors (Lipinski definition) is 3. The zero-order chi connectivity index (χ0) is 23.6. The summed E-state index contributed by atoms with van der Waals surface area (Å²) in [5.41, 5.74) is 2.24. The Hall–Kier alpha value is -4.00. The third-order valence-corrected chi connectivity index (χ3v) is 5.15. The molecule has 3 rings (SSSR count). The topological polar surface area (TPSA) is 87.3 Å². The van der Waals surface area contributed by atoms with Gasteiger partial charge in [0.2, 0.25) is 5.91 Å². The molecule has 3 aromatic rings. The predicted octanol–water partition coefficient (Wildman–Crippen LogP) is 4.12. The SMILES string of the molecule is CC[C@@H](C(=O)NCCNC(=O)c1ccc(NC(=O)c2ccc(F)cc2)cc1)c1ccccc1. The second-order valence-electron chi connectivity index (χ2n) is 7.46. The Balaban J connectivity index is 1.44. The number of carbonyl (C=O) groups excluding carboxylic acids is 3. The number of amides is 3. The van der Waals surface area contributed by atoms with Gasteiger partial charge in [0.15, 0.2) is 0 Å². The van der Waals surface area contributed by atoms with Crippen LogP contribution in [0.5, 0.6) is 0 Å². The average molecular weight is 448 g/mol. The second kappa shape index (κ2) is 11.6. The minimum absolute atomic E-state index is 0.0702. The van der Waals surface area contributed by atoms with Crippen molar-refractivity contribution in [2.24, 2.45) is 0 Å². The molecule has 3 amide bonds. The lowest BCUT2D eigenvalue weighted by atomic mass is 9.96. The molecular formula is C26H26FN3O3. The molecule has 170 valence electrons. The number of hydrogen-bond acceptors (Lipinski definition) is 3. The maximum Gasteiger partial charge on any atom is 0.255 e. The van der Waals surface area contributed by atoms with Crippen molar-refractivity contribution in [3.8, 4) is 0 Å². The number of rotatable bonds is 9. The molecule has 0 aliphatic carbocycles. The minimum atomic E-state index is -0.414. The third-order valence-electron chi connectivity index (χ3n) is 5.15. The van der Waals surface area contributed by atoms with Gasteiger partial charge >= 0.3 is 0 Å². The highest BCUT2D eigenvalue weighted by atomic mass is 19.1. The molecule has 33 heavy (non-hydrogen) atoms. The van der Waals surface area contributed by atoms with Crippen molar-refractivity contribution in [3.05, 3.63) is 101 Å². The van der Waals surface area contributed by atoms with Crippen LogP contribution in [0, 0.1) is 5.82 Å². The van der Waals surface area contributed by atoms with Crippen LogP contribution in [-0.4, -0.2) is 30.8 Å². The average Bonchev–Trinajstić information content (AvgIpc) is 2.83. The molecule has 3 N–H and O–H groups in total. The Morgan fingerprint density at radius 1 is 0.758 bits per heavy atom. The van der Waals surface area contributed by atoms with Gasteiger partial charge in [0.1, 0.15) is 5.82 Å². The van der Waals surface area contributed by atoms with Crippen molar-refractivity contribution >= 4 is 23.4 Å². The monoisotopic (exact) mass is 447 g/mol. The van der Waals surface area contributed by atoms with Gasteiger partial charge in [0.25, 0.3) is 11.8 Å². The Morgan fingerprint density at radius 3 is 1.97 bits per heavy atom. The van der Waals surface area contributed by atoms with Gasteiger partial charge < -0.3 is 16.0 Å². The number of benzene rings is 3. The molecule has 0 radical (unpaired) electrons. The van der Waals surface area contributed by atoms with Gasteiger partial charge in [-0.1, -0.05) is 37.3 Å². The van der Waals surface area contributed by atoms with Crippen LogP contribution in [0.4, 0.5) is 10.1 Å². The second-order valence-corrected chi connectivity index (χ2v) is 7.46. The van der Waals surface area contributed by atoms with Crippen molar-refractivity contribution in [3.63, 3.8) is 0 Å². The van der Waals surface area contributed by atoms with Gasteiger partial charge in [-0.3, -0.25) is 14.4 Å². The number of halogens is 1. The Morgan fingerprint density at radius 2 is 1.33 bits per heavy atom. The summed E-state index contributed by atoms with van der Waals surface area (Å²) in [7, 11) is 0. The zero-order valence-corrected chi connectivity index (χ0v) is 18.3. The molecule has 7 heteroatoms. The van der Waals surface area contributed by atoms with Gasteiger partial charge in [0, 0.05) is 29.9 Å². The van der Waals surface area contributed by atoms with E-state index in [-0.39, 0.29) is 23.6 Å². The molecular weight excluding hydrogens is 421 g/mol. The summed E-state index contributed by atoms with van der Waals surface area (Å²) < 4.78 is 13.0. The lowest BCUT2D eigenvalue weighted by molar-refractivity contribution is -0.122. The first-order valence-corrected chi connectivity index (χ1v) is 10.8. The summed E-state index contributed by atoms with van der Waals surface area (Å²) >= 11 is 0. The molecule has 3 aromatic carbocycles. The van der Waals surface area contributed by atoms with Crippen molar-refractivity contribution in [2.45, 2.75) is 19.3 Å². The van der Waals surface area contributed by atoms with E-state index in [0.29, 0.717) is 36.3 Å². The van der Waals surface area contributed by atoms with E-state index in [1.165, 1.54) is 24.3 Å². The summed E-state index contributed by atoms with van der Waals surface area (Å²) in [4.78, 5) is 37.0. The first-order chi connectivity index (χ1) is 16.0. The van der Waals surface area contributed by atoms with E-state index in [1.807, 2.05) is 37.3 Å². The molecule has 0 aliphatic rings. The Labute approximate surface area is 192 Å². The summed E-state index contributed by atoms with van der Waals surface area (Å²) in [5, 5.41) is 8.33. The molecule has 0 aliphatic heterocycles. The van der Waals surface area contributed by atoms with E-state index in [9.17, 15) is 18.8 Å². The highest BCUT2D eigenvalue weighted by Gasteiger charge is 2.17. The molecule has 0 heterocycles. The van der Waals surface area contributed by atoms with E-state index in [2.05, 4.69) is 16.0 Å². The molecule has 0 saturated carbocycles. The van der Waals surface area contributed by atoms with Crippen LogP contribution in [0.15, 0.2) is 78.9 Å². The first kappa shape index (κ1) is 23.7. The zero-order valence-electron chi connectivity index (χ0n) is 18.3. The summed E-state index contributed by atoms with van der Waals surface area (Å²) in [6, 6.07) is 21.2. The van der Waals surface area contributed by atoms with Gasteiger partial charge in [-0.2, -0.15) is 0 Å². The highest BCUT2D eigenvalue weighted by molar-refractivity contribution is 6.04. The van der Waals surface area contributed by atoms with Crippen LogP contribution in [0.1, 0.15) is 45.5 Å². The fourth-order valence-electron chi connectivity index (χ4n) is 3.35. The third kappa shape index (κ3) is 6.74. The van der Waals surface area contributed by atoms with E-state index < -0.39 is 5.82 Å². The lowest BCUT2D eigenvalue weighted by Crippen LogP contribution is -2.36. The normalized spacial score (nSPS) is 11.3. The van der Waals surface area contributed by atoms with Crippen molar-refractivity contribution in [2.75, 3.05) is 18.4 Å². The van der Waals surface area contributed by atoms with E-state index in [0.717, 1.165) is 5.56 Å². The highest BCUT2D eigenvalue weighted by Crippen LogP contribution is 2.19. The quantitative estimate of drug-likeness (QED) is 0.431. The fourth-order valence-corrected chi connectivity index (χ4v) is 3.35. The van der Waals surface area contributed by atoms with Gasteiger partial charge in [-0.05, 0) is 60.5 Å². The van der Waals surface area contributed by atoms with E-state index >= 15 is 0 Å². The number of nitrogens with one attached hydrogen (secondary N) is 3. The predicted molar refractivity (Wildman–Crippen MR) is 126 cm³/mol. The van der Waals surface area contributed by atoms with Crippen LogP contribution in [0.25, 0.3) is 0 Å². The number of anilines is 1. The molecule has 0 fully saturated rings. The first-order valence-electron chi connectivity index (χ1n) is 10.8.